The van der Waals surface area contributed by atoms with Gasteiger partial charge in [-0.1, -0.05) is 71.4 Å². The van der Waals surface area contributed by atoms with Crippen LogP contribution in [0, 0.1) is 29.6 Å². The quantitative estimate of drug-likeness (QED) is 0.158. The monoisotopic (exact) mass is 855 g/mol. The van der Waals surface area contributed by atoms with Crippen molar-refractivity contribution in [3.63, 3.8) is 0 Å². The lowest BCUT2D eigenvalue weighted by molar-refractivity contribution is -0.149. The summed E-state index contributed by atoms with van der Waals surface area (Å²) in [7, 11) is 6.11. The molecule has 2 heterocycles. The first kappa shape index (κ1) is 49.6. The van der Waals surface area contributed by atoms with E-state index in [4.69, 9.17) is 18.9 Å². The number of ketones is 1. The molecule has 0 unspecified atom stereocenters. The number of hydrogen-bond acceptors (Lipinski definition) is 10. The number of carbonyl (C=O) groups is 6. The Morgan fingerprint density at radius 3 is 2.16 bits per heavy atom. The number of nitrogens with zero attached hydrogens (tertiary/aromatic N) is 3. The molecule has 1 aliphatic carbocycles. The second-order valence-electron chi connectivity index (χ2n) is 19.0. The van der Waals surface area contributed by atoms with Crippen LogP contribution >= 0.6 is 0 Å². The topological polar surface area (TPSA) is 161 Å². The van der Waals surface area contributed by atoms with Crippen molar-refractivity contribution in [1.82, 2.24) is 20.0 Å². The van der Waals surface area contributed by atoms with Gasteiger partial charge in [0, 0.05) is 46.2 Å². The molecule has 1 aromatic rings. The number of Topliss-reactive ketones (excluding diaryl/α,β-unsaturated/α-hetero) is 1. The number of fused-ring (bicyclic) bond motifs is 2. The maximum atomic E-state index is 14.6. The van der Waals surface area contributed by atoms with Gasteiger partial charge < -0.3 is 34.1 Å². The molecule has 3 aliphatic rings. The zero-order valence-corrected chi connectivity index (χ0v) is 38.8. The summed E-state index contributed by atoms with van der Waals surface area (Å²) in [5.41, 5.74) is 0.207. The Balaban J connectivity index is 1.48. The van der Waals surface area contributed by atoms with Crippen molar-refractivity contribution in [3.8, 4) is 0 Å². The second kappa shape index (κ2) is 21.8. The smallest absolute Gasteiger partial charge is 0.411 e. The van der Waals surface area contributed by atoms with Gasteiger partial charge in [-0.2, -0.15) is 0 Å². The fourth-order valence-corrected chi connectivity index (χ4v) is 9.95. The lowest BCUT2D eigenvalue weighted by Crippen LogP contribution is -2.61. The fourth-order valence-electron chi connectivity index (χ4n) is 9.95. The van der Waals surface area contributed by atoms with Gasteiger partial charge in [0.25, 0.3) is 0 Å². The van der Waals surface area contributed by atoms with E-state index in [0.717, 1.165) is 31.2 Å². The Morgan fingerprint density at radius 2 is 1.59 bits per heavy atom. The van der Waals surface area contributed by atoms with Crippen molar-refractivity contribution < 1.29 is 47.7 Å². The summed E-state index contributed by atoms with van der Waals surface area (Å²) < 4.78 is 22.8. The van der Waals surface area contributed by atoms with Crippen molar-refractivity contribution in [2.24, 2.45) is 29.6 Å². The summed E-state index contributed by atoms with van der Waals surface area (Å²) in [6.07, 6.45) is 2.93. The van der Waals surface area contributed by atoms with Crippen LogP contribution in [0.4, 0.5) is 4.79 Å². The highest BCUT2D eigenvalue weighted by atomic mass is 16.6. The summed E-state index contributed by atoms with van der Waals surface area (Å²) in [5, 5.41) is 3.04. The number of piperidine rings is 1. The third kappa shape index (κ3) is 12.1. The van der Waals surface area contributed by atoms with Gasteiger partial charge in [-0.25, -0.2) is 4.79 Å². The number of rotatable bonds is 20. The van der Waals surface area contributed by atoms with Crippen LogP contribution in [-0.4, -0.2) is 133 Å². The van der Waals surface area contributed by atoms with Crippen LogP contribution < -0.4 is 5.32 Å². The minimum atomic E-state index is -0.896. The standard InChI is InChI=1S/C47H74N4O10/c1-13-29(4)40(49(9)44(55)39(28(2)3)48-43(54)41-32-21-22-34(25-32)51(41)46(57)61-47(6,7)8)37(58-10)27-38(53)50-23-17-20-35(50)42(59-11)30(5)36(52)26-33(45(56)60-12)24-31-18-15-14-16-19-31/h14-16,18-19,28-30,32-35,37,39-42H,13,17,20-27H2,1-12H3,(H,48,54)/t29-,30-,32-,33+,34-,35-,37+,39-,40-,41-,42+/m0/s1. The lowest BCUT2D eigenvalue weighted by atomic mass is 9.85. The minimum Gasteiger partial charge on any atom is -0.469 e. The van der Waals surface area contributed by atoms with Crippen LogP contribution in [-0.2, 0) is 49.3 Å². The Labute approximate surface area is 364 Å². The van der Waals surface area contributed by atoms with Crippen molar-refractivity contribution in [1.29, 1.82) is 0 Å². The molecule has 342 valence electrons. The van der Waals surface area contributed by atoms with Gasteiger partial charge in [-0.15, -0.1) is 0 Å². The van der Waals surface area contributed by atoms with E-state index in [2.05, 4.69) is 5.32 Å². The molecule has 1 aromatic carbocycles. The van der Waals surface area contributed by atoms with Gasteiger partial charge in [0.05, 0.1) is 43.7 Å². The van der Waals surface area contributed by atoms with Crippen molar-refractivity contribution in [2.45, 2.75) is 161 Å². The Kier molecular flexibility index (Phi) is 17.8. The van der Waals surface area contributed by atoms with Crippen LogP contribution in [0.15, 0.2) is 30.3 Å². The predicted octanol–water partition coefficient (Wildman–Crippen LogP) is 5.83. The number of esters is 1. The van der Waals surface area contributed by atoms with Crippen LogP contribution in [0.5, 0.6) is 0 Å². The second-order valence-corrected chi connectivity index (χ2v) is 19.0. The van der Waals surface area contributed by atoms with Gasteiger partial charge in [0.15, 0.2) is 0 Å². The SMILES string of the molecule is CC[C@H](C)[C@@H]([C@@H](CC(=O)N1CCC[C@H]1[C@H](OC)[C@@H](C)C(=O)C[C@@H](Cc1ccccc1)C(=O)OC)OC)N(C)C(=O)[C@@H](NC(=O)[C@@H]1[C@H]2CC[C@@H](C2)N1C(=O)OC(C)(C)C)C(C)C. The van der Waals surface area contributed by atoms with E-state index in [1.165, 1.54) is 7.11 Å². The van der Waals surface area contributed by atoms with Gasteiger partial charge in [0.2, 0.25) is 17.7 Å². The zero-order valence-electron chi connectivity index (χ0n) is 38.8. The van der Waals surface area contributed by atoms with Crippen LogP contribution in [0.25, 0.3) is 0 Å². The molecule has 2 bridgehead atoms. The summed E-state index contributed by atoms with van der Waals surface area (Å²) in [6.45, 7) is 15.5. The first-order chi connectivity index (χ1) is 28.8. The average Bonchev–Trinajstić information content (AvgIpc) is 3.99. The van der Waals surface area contributed by atoms with E-state index in [1.54, 1.807) is 63.7 Å². The van der Waals surface area contributed by atoms with Crippen molar-refractivity contribution in [2.75, 3.05) is 34.9 Å². The number of hydrogen-bond donors (Lipinski definition) is 1. The average molecular weight is 855 g/mol. The van der Waals surface area contributed by atoms with Crippen LogP contribution in [0.3, 0.4) is 0 Å². The number of methoxy groups -OCH3 is 3. The number of amides is 4. The third-order valence-electron chi connectivity index (χ3n) is 13.3. The molecule has 0 aromatic heterocycles. The molecule has 2 saturated heterocycles. The normalized spacial score (nSPS) is 23.4. The molecule has 4 amide bonds. The minimum absolute atomic E-state index is 0.0143. The number of ether oxygens (including phenoxy) is 4. The van der Waals surface area contributed by atoms with E-state index in [-0.39, 0.29) is 66.2 Å². The number of benzene rings is 1. The highest BCUT2D eigenvalue weighted by Crippen LogP contribution is 2.43. The van der Waals surface area contributed by atoms with E-state index in [9.17, 15) is 28.8 Å². The molecular formula is C47H74N4O10. The summed E-state index contributed by atoms with van der Waals surface area (Å²) >= 11 is 0. The fraction of sp³-hybridized carbons (Fsp3) is 0.745. The molecular weight excluding hydrogens is 781 g/mol. The molecule has 0 spiro atoms. The number of likely N-dealkylation sites (tertiary alicyclic amines) is 2. The lowest BCUT2D eigenvalue weighted by Gasteiger charge is -2.41. The van der Waals surface area contributed by atoms with Crippen molar-refractivity contribution in [3.05, 3.63) is 35.9 Å². The van der Waals surface area contributed by atoms with Gasteiger partial charge in [0.1, 0.15) is 23.5 Å². The molecule has 0 radical (unpaired) electrons. The molecule has 61 heavy (non-hydrogen) atoms. The Bertz CT molecular complexity index is 1670. The highest BCUT2D eigenvalue weighted by Gasteiger charge is 2.53. The van der Waals surface area contributed by atoms with Gasteiger partial charge in [-0.05, 0) is 82.6 Å². The van der Waals surface area contributed by atoms with Gasteiger partial charge >= 0.3 is 12.1 Å². The maximum absolute atomic E-state index is 14.6. The zero-order chi connectivity index (χ0) is 45.3. The first-order valence-corrected chi connectivity index (χ1v) is 22.4. The van der Waals surface area contributed by atoms with E-state index in [0.29, 0.717) is 25.8 Å². The Morgan fingerprint density at radius 1 is 0.918 bits per heavy atom. The molecule has 2 aliphatic heterocycles. The number of nitrogens with one attached hydrogen (secondary N) is 1. The van der Waals surface area contributed by atoms with Crippen molar-refractivity contribution >= 4 is 35.6 Å². The summed E-state index contributed by atoms with van der Waals surface area (Å²) in [4.78, 5) is 88.0. The van der Waals surface area contributed by atoms with E-state index < -0.39 is 59.8 Å². The molecule has 14 nitrogen and oxygen atoms in total. The number of carbonyl (C=O) groups excluding carboxylic acids is 6. The van der Waals surface area contributed by atoms with Crippen LogP contribution in [0.2, 0.25) is 0 Å². The number of likely N-dealkylation sites (N-methyl/N-ethyl adjacent to an activating group) is 1. The van der Waals surface area contributed by atoms with E-state index in [1.807, 2.05) is 58.0 Å². The van der Waals surface area contributed by atoms with Crippen LogP contribution in [0.1, 0.15) is 112 Å². The molecule has 1 N–H and O–H groups in total. The molecule has 14 heteroatoms. The molecule has 11 atom stereocenters. The largest absolute Gasteiger partial charge is 0.469 e. The molecule has 1 saturated carbocycles. The summed E-state index contributed by atoms with van der Waals surface area (Å²) in [5.74, 6) is -3.09. The van der Waals surface area contributed by atoms with Gasteiger partial charge in [-0.3, -0.25) is 28.9 Å². The highest BCUT2D eigenvalue weighted by molar-refractivity contribution is 5.92. The summed E-state index contributed by atoms with van der Waals surface area (Å²) in [6, 6.07) is 6.90. The maximum Gasteiger partial charge on any atom is 0.411 e. The molecule has 4 rings (SSSR count). The van der Waals surface area contributed by atoms with E-state index >= 15 is 0 Å². The molecule has 3 fully saturated rings. The Hall–Kier alpha value is -4.04. The predicted molar refractivity (Wildman–Crippen MR) is 231 cm³/mol. The third-order valence-corrected chi connectivity index (χ3v) is 13.3. The first-order valence-electron chi connectivity index (χ1n) is 22.4.